The van der Waals surface area contributed by atoms with Crippen molar-refractivity contribution < 1.29 is 8.83 Å². The first-order valence-electron chi connectivity index (χ1n) is 30.3. The van der Waals surface area contributed by atoms with Gasteiger partial charge in [-0.1, -0.05) is 138 Å². The summed E-state index contributed by atoms with van der Waals surface area (Å²) in [6, 6.07) is 65.4. The lowest BCUT2D eigenvalue weighted by Crippen LogP contribution is -2.11. The molecule has 4 aliphatic rings. The molecule has 0 saturated heterocycles. The minimum absolute atomic E-state index is 0.673. The number of hydrogen-bond donors (Lipinski definition) is 0. The van der Waals surface area contributed by atoms with Crippen molar-refractivity contribution in [3.8, 4) is 0 Å². The maximum atomic E-state index is 7.06. The molecule has 0 aliphatic heterocycles. The lowest BCUT2D eigenvalue weighted by Gasteiger charge is -2.28. The first kappa shape index (κ1) is 47.9. The molecule has 0 amide bonds. The molecule has 4 fully saturated rings. The highest BCUT2D eigenvalue weighted by molar-refractivity contribution is 6.24. The predicted octanol–water partition coefficient (Wildman–Crippen LogP) is 22.9. The van der Waals surface area contributed by atoms with Crippen LogP contribution >= 0.6 is 0 Å². The third-order valence-corrected chi connectivity index (χ3v) is 19.4. The van der Waals surface area contributed by atoms with Gasteiger partial charge in [-0.3, -0.25) is 0 Å². The van der Waals surface area contributed by atoms with Crippen LogP contribution in [0.1, 0.15) is 174 Å². The summed E-state index contributed by atoms with van der Waals surface area (Å²) in [6.45, 7) is 0. The first-order chi connectivity index (χ1) is 38.6. The molecule has 4 aliphatic carbocycles. The van der Waals surface area contributed by atoms with Crippen molar-refractivity contribution in [1.82, 2.24) is 0 Å². The normalized spacial score (nSPS) is 17.5. The van der Waals surface area contributed by atoms with Crippen LogP contribution in [0.5, 0.6) is 0 Å². The van der Waals surface area contributed by atoms with Crippen LogP contribution in [-0.4, -0.2) is 0 Å². The summed E-state index contributed by atoms with van der Waals surface area (Å²) in [5.41, 5.74) is 16.4. The monoisotopic (exact) mass is 1020 g/mol. The Labute approximate surface area is 460 Å². The van der Waals surface area contributed by atoms with Gasteiger partial charge in [0.2, 0.25) is 0 Å². The maximum absolute atomic E-state index is 7.06. The largest absolute Gasteiger partial charge is 0.451 e. The molecule has 0 radical (unpaired) electrons. The average molecular weight is 1020 g/mol. The molecule has 0 bridgehead atoms. The van der Waals surface area contributed by atoms with Gasteiger partial charge < -0.3 is 18.6 Å². The van der Waals surface area contributed by atoms with Gasteiger partial charge in [0.15, 0.2) is 11.2 Å². The van der Waals surface area contributed by atoms with E-state index in [4.69, 9.17) is 8.83 Å². The fourth-order valence-corrected chi connectivity index (χ4v) is 15.1. The summed E-state index contributed by atoms with van der Waals surface area (Å²) < 4.78 is 14.1. The molecule has 15 rings (SSSR count). The Morgan fingerprint density at radius 1 is 0.231 bits per heavy atom. The van der Waals surface area contributed by atoms with Gasteiger partial charge >= 0.3 is 0 Å². The Morgan fingerprint density at radius 2 is 0.474 bits per heavy atom. The minimum Gasteiger partial charge on any atom is -0.451 e. The van der Waals surface area contributed by atoms with E-state index in [1.54, 1.807) is 0 Å². The molecule has 4 nitrogen and oxygen atoms in total. The fraction of sp³-hybridized carbons (Fsp3) is 0.324. The molecule has 390 valence electrons. The zero-order valence-corrected chi connectivity index (χ0v) is 45.3. The van der Waals surface area contributed by atoms with E-state index in [1.807, 2.05) is 0 Å². The number of fused-ring (bicyclic) bond motifs is 11. The van der Waals surface area contributed by atoms with Crippen molar-refractivity contribution in [2.45, 2.75) is 152 Å². The second-order valence-corrected chi connectivity index (χ2v) is 24.1. The maximum Gasteiger partial charge on any atom is 0.178 e. The summed E-state index contributed by atoms with van der Waals surface area (Å²) >= 11 is 0. The number of rotatable bonds is 10. The molecule has 2 heterocycles. The van der Waals surface area contributed by atoms with Crippen LogP contribution in [0.15, 0.2) is 179 Å². The van der Waals surface area contributed by atoms with Gasteiger partial charge in [0.05, 0.1) is 0 Å². The average Bonchev–Trinajstić information content (AvgIpc) is 4.22. The molecule has 11 aromatic rings. The van der Waals surface area contributed by atoms with E-state index < -0.39 is 0 Å². The van der Waals surface area contributed by atoms with E-state index in [9.17, 15) is 0 Å². The highest BCUT2D eigenvalue weighted by Crippen LogP contribution is 2.47. The lowest BCUT2D eigenvalue weighted by atomic mass is 9.84. The lowest BCUT2D eigenvalue weighted by molar-refractivity contribution is 0.443. The molecule has 4 saturated carbocycles. The molecule has 2 aromatic heterocycles. The number of benzene rings is 9. The summed E-state index contributed by atoms with van der Waals surface area (Å²) in [4.78, 5) is 4.90. The van der Waals surface area contributed by atoms with E-state index >= 15 is 0 Å². The Bertz CT molecular complexity index is 3550. The van der Waals surface area contributed by atoms with Gasteiger partial charge in [-0.05, 0) is 217 Å². The smallest absolute Gasteiger partial charge is 0.178 e. The molecule has 0 atom stereocenters. The van der Waals surface area contributed by atoms with Gasteiger partial charge in [-0.2, -0.15) is 0 Å². The summed E-state index contributed by atoms with van der Waals surface area (Å²) in [5, 5.41) is 8.87. The second-order valence-electron chi connectivity index (χ2n) is 24.1. The Morgan fingerprint density at radius 3 is 0.769 bits per heavy atom. The van der Waals surface area contributed by atoms with Gasteiger partial charge in [0.1, 0.15) is 11.2 Å². The van der Waals surface area contributed by atoms with Crippen LogP contribution < -0.4 is 9.80 Å². The van der Waals surface area contributed by atoms with E-state index in [0.717, 1.165) is 76.8 Å². The van der Waals surface area contributed by atoms with Crippen LogP contribution in [0.2, 0.25) is 0 Å². The predicted molar refractivity (Wildman–Crippen MR) is 329 cm³/mol. The fourth-order valence-electron chi connectivity index (χ4n) is 15.1. The third-order valence-electron chi connectivity index (χ3n) is 19.4. The second kappa shape index (κ2) is 20.5. The first-order valence-corrected chi connectivity index (χ1v) is 30.3. The Kier molecular flexibility index (Phi) is 12.6. The topological polar surface area (TPSA) is 32.8 Å². The minimum atomic E-state index is 0.673. The van der Waals surface area contributed by atoms with Gasteiger partial charge in [-0.15, -0.1) is 0 Å². The number of anilines is 6. The number of nitrogens with zero attached hydrogens (tertiary/aromatic N) is 2. The van der Waals surface area contributed by atoms with Crippen LogP contribution in [0.3, 0.4) is 0 Å². The highest BCUT2D eigenvalue weighted by Gasteiger charge is 2.25. The molecule has 0 spiro atoms. The quantitative estimate of drug-likeness (QED) is 0.137. The van der Waals surface area contributed by atoms with Crippen molar-refractivity contribution in [3.63, 3.8) is 0 Å². The van der Waals surface area contributed by atoms with Crippen LogP contribution in [-0.2, 0) is 0 Å². The van der Waals surface area contributed by atoms with E-state index in [0.29, 0.717) is 23.7 Å². The zero-order chi connectivity index (χ0) is 51.5. The van der Waals surface area contributed by atoms with Gasteiger partial charge in [0, 0.05) is 66.4 Å². The van der Waals surface area contributed by atoms with Crippen molar-refractivity contribution >= 4 is 99.5 Å². The van der Waals surface area contributed by atoms with Crippen LogP contribution in [0, 0.1) is 0 Å². The summed E-state index contributed by atoms with van der Waals surface area (Å²) in [7, 11) is 0. The van der Waals surface area contributed by atoms with Gasteiger partial charge in [0.25, 0.3) is 0 Å². The summed E-state index contributed by atoms with van der Waals surface area (Å²) in [6.07, 6.45) is 26.6. The SMILES string of the molecule is c1cc(N(c2ccc(C3CCCCC3)cc2)c2ccc3c(ccc4c5ccc6c7ccc8cc(N(c9ccc(C%10CCCCC%10)cc9)c9ccc(C%10CCCCC%10)cc9)ccc8c7oc6c5oc34)c2)ccc1C1CCCCC1. The number of hydrogen-bond acceptors (Lipinski definition) is 4. The van der Waals surface area contributed by atoms with Gasteiger partial charge in [-0.25, -0.2) is 0 Å². The molecular weight excluding hydrogens is 949 g/mol. The van der Waals surface area contributed by atoms with Crippen LogP contribution in [0.4, 0.5) is 34.1 Å². The van der Waals surface area contributed by atoms with Crippen molar-refractivity contribution in [2.75, 3.05) is 9.80 Å². The molecule has 78 heavy (non-hydrogen) atoms. The Hall–Kier alpha value is -7.30. The number of furan rings is 2. The van der Waals surface area contributed by atoms with E-state index in [1.165, 1.54) is 173 Å². The van der Waals surface area contributed by atoms with Crippen molar-refractivity contribution in [2.24, 2.45) is 0 Å². The van der Waals surface area contributed by atoms with Crippen LogP contribution in [0.25, 0.3) is 65.4 Å². The molecule has 9 aromatic carbocycles. The van der Waals surface area contributed by atoms with Crippen molar-refractivity contribution in [1.29, 1.82) is 0 Å². The Balaban J connectivity index is 0.787. The zero-order valence-electron chi connectivity index (χ0n) is 45.3. The summed E-state index contributed by atoms with van der Waals surface area (Å²) in [5.74, 6) is 2.69. The third kappa shape index (κ3) is 8.75. The van der Waals surface area contributed by atoms with E-state index in [2.05, 4.69) is 180 Å². The molecule has 4 heteroatoms. The molecule has 0 unspecified atom stereocenters. The standard InChI is InChI=1S/C74H72N2O2/c1-5-13-49(14-6-1)53-21-31-59(32-22-53)75(60-33-23-54(24-34-60)50-15-7-2-8-16-50)63-39-43-65-57(47-63)29-41-67-69-45-46-70-68-42-30-58-48-64(40-44-66(58)72(68)78-74(70)73(69)77-71(65)67)76(61-35-25-55(26-36-61)51-17-9-3-10-18-51)62-37-27-56(28-38-62)52-19-11-4-12-20-52/h21-52H,1-20H2. The van der Waals surface area contributed by atoms with Crippen molar-refractivity contribution in [3.05, 3.63) is 192 Å². The molecule has 0 N–H and O–H groups in total. The molecular formula is C74H72N2O2. The van der Waals surface area contributed by atoms with E-state index in [-0.39, 0.29) is 0 Å². The highest BCUT2D eigenvalue weighted by atomic mass is 16.4.